The van der Waals surface area contributed by atoms with Crippen LogP contribution in [0.5, 0.6) is 5.75 Å². The third kappa shape index (κ3) is 8.31. The molecule has 3 N–H and O–H groups in total. The second-order valence-electron chi connectivity index (χ2n) is 9.72. The summed E-state index contributed by atoms with van der Waals surface area (Å²) >= 11 is 0. The van der Waals surface area contributed by atoms with Gasteiger partial charge < -0.3 is 34.4 Å². The van der Waals surface area contributed by atoms with E-state index in [0.717, 1.165) is 27.9 Å². The number of amides is 2. The molecule has 0 radical (unpaired) electrons. The van der Waals surface area contributed by atoms with E-state index in [1.165, 1.54) is 12.1 Å². The smallest absolute Gasteiger partial charge is 0.502 e. The number of benzene rings is 1. The normalized spacial score (nSPS) is 16.0. The quantitative estimate of drug-likeness (QED) is 0.163. The molecule has 1 aliphatic rings. The number of likely N-dealkylation sites (N-methyl/N-ethyl adjacent to an activating group) is 1. The van der Waals surface area contributed by atoms with E-state index in [1.807, 2.05) is 0 Å². The number of aromatic hydroxyl groups is 1. The molecule has 2 amide bonds. The molecule has 15 nitrogen and oxygen atoms in total. The molecule has 18 heteroatoms. The molecule has 3 rings (SSSR count). The van der Waals surface area contributed by atoms with Crippen molar-refractivity contribution in [3.8, 4) is 5.75 Å². The summed E-state index contributed by atoms with van der Waals surface area (Å²) in [5.41, 5.74) is -2.48. The summed E-state index contributed by atoms with van der Waals surface area (Å²) in [5.74, 6) is -4.72. The van der Waals surface area contributed by atoms with Gasteiger partial charge in [0, 0.05) is 44.6 Å². The van der Waals surface area contributed by atoms with E-state index >= 15 is 0 Å². The van der Waals surface area contributed by atoms with Crippen LogP contribution in [-0.2, 0) is 29.8 Å². The predicted octanol–water partition coefficient (Wildman–Crippen LogP) is 1.87. The van der Waals surface area contributed by atoms with Gasteiger partial charge in [-0.15, -0.1) is 0 Å². The van der Waals surface area contributed by atoms with Crippen molar-refractivity contribution in [1.82, 2.24) is 14.9 Å². The van der Waals surface area contributed by atoms with Gasteiger partial charge in [0.15, 0.2) is 11.4 Å². The first kappa shape index (κ1) is 34.4. The van der Waals surface area contributed by atoms with Crippen molar-refractivity contribution >= 4 is 25.6 Å². The molecule has 0 fully saturated rings. The van der Waals surface area contributed by atoms with Crippen LogP contribution in [0, 0.1) is 11.6 Å². The predicted molar refractivity (Wildman–Crippen MR) is 149 cm³/mol. The highest BCUT2D eigenvalue weighted by atomic mass is 31.2. The molecule has 1 aliphatic heterocycles. The van der Waals surface area contributed by atoms with Crippen molar-refractivity contribution in [2.75, 3.05) is 44.8 Å². The summed E-state index contributed by atoms with van der Waals surface area (Å²) in [6, 6.07) is 2.70. The van der Waals surface area contributed by atoms with Gasteiger partial charge in [-0.25, -0.2) is 13.6 Å². The zero-order valence-corrected chi connectivity index (χ0v) is 25.2. The maximum absolute atomic E-state index is 14.1. The summed E-state index contributed by atoms with van der Waals surface area (Å²) in [4.78, 5) is 62.2. The molecule has 2 aromatic rings. The first-order valence-electron chi connectivity index (χ1n) is 13.3. The first-order chi connectivity index (χ1) is 20.7. The minimum Gasteiger partial charge on any atom is -0.502 e. The Hall–Kier alpha value is -4.05. The lowest BCUT2D eigenvalue weighted by molar-refractivity contribution is -0.0108. The molecule has 0 spiro atoms. The molecule has 2 heterocycles. The zero-order chi connectivity index (χ0) is 32.8. The molecule has 1 aromatic carbocycles. The number of ether oxygens (including phenoxy) is 3. The molecule has 0 bridgehead atoms. The first-order valence-corrected chi connectivity index (χ1v) is 15.0. The number of pyridine rings is 1. The van der Waals surface area contributed by atoms with E-state index in [4.69, 9.17) is 14.0 Å². The van der Waals surface area contributed by atoms with Crippen molar-refractivity contribution in [1.29, 1.82) is 0 Å². The molecular formula is C26H33F2N4O11P. The SMILES string of the molecule is CCOCC1N(C)C(=O)c2c(O)c(=O)c(C(=O)NCc3ccc(F)cc3F)cn2N1CCP(=O)(O)OCOC(=O)OC(C)C. The summed E-state index contributed by atoms with van der Waals surface area (Å²) < 4.78 is 60.7. The summed E-state index contributed by atoms with van der Waals surface area (Å²) in [6.07, 6.45) is -2.24. The highest BCUT2D eigenvalue weighted by Crippen LogP contribution is 2.41. The van der Waals surface area contributed by atoms with Gasteiger partial charge in [-0.05, 0) is 26.8 Å². The van der Waals surface area contributed by atoms with Crippen LogP contribution in [0.15, 0.2) is 29.2 Å². The van der Waals surface area contributed by atoms with Gasteiger partial charge >= 0.3 is 13.8 Å². The van der Waals surface area contributed by atoms with Gasteiger partial charge in [0.2, 0.25) is 12.2 Å². The van der Waals surface area contributed by atoms with Gasteiger partial charge in [0.1, 0.15) is 23.4 Å². The van der Waals surface area contributed by atoms with Crippen LogP contribution in [-0.4, -0.2) is 89.6 Å². The fourth-order valence-corrected chi connectivity index (χ4v) is 4.89. The van der Waals surface area contributed by atoms with Gasteiger partial charge in [-0.2, -0.15) is 0 Å². The van der Waals surface area contributed by atoms with Crippen LogP contribution >= 0.6 is 7.60 Å². The van der Waals surface area contributed by atoms with Crippen LogP contribution < -0.4 is 15.8 Å². The number of rotatable bonds is 13. The monoisotopic (exact) mass is 646 g/mol. The summed E-state index contributed by atoms with van der Waals surface area (Å²) in [5, 5.41) is 14.4. The van der Waals surface area contributed by atoms with E-state index in [-0.39, 0.29) is 25.3 Å². The van der Waals surface area contributed by atoms with Gasteiger partial charge in [0.25, 0.3) is 11.8 Å². The number of hydrogen-bond acceptors (Lipinski definition) is 11. The average molecular weight is 647 g/mol. The Labute approximate surface area is 250 Å². The van der Waals surface area contributed by atoms with Crippen molar-refractivity contribution in [2.45, 2.75) is 39.6 Å². The van der Waals surface area contributed by atoms with Crippen LogP contribution in [0.3, 0.4) is 0 Å². The van der Waals surface area contributed by atoms with E-state index in [0.29, 0.717) is 6.07 Å². The highest BCUT2D eigenvalue weighted by Gasteiger charge is 2.40. The number of halogens is 2. The Morgan fingerprint density at radius 1 is 1.20 bits per heavy atom. The number of nitrogens with one attached hydrogen (secondary N) is 1. The number of nitrogens with zero attached hydrogens (tertiary/aromatic N) is 3. The Bertz CT molecular complexity index is 1500. The highest BCUT2D eigenvalue weighted by molar-refractivity contribution is 7.52. The molecule has 242 valence electrons. The van der Waals surface area contributed by atoms with Crippen LogP contribution in [0.25, 0.3) is 0 Å². The van der Waals surface area contributed by atoms with Gasteiger partial charge in [-0.3, -0.25) is 33.2 Å². The summed E-state index contributed by atoms with van der Waals surface area (Å²) in [7, 11) is -3.10. The minimum absolute atomic E-state index is 0.0858. The number of carbonyl (C=O) groups is 3. The largest absolute Gasteiger partial charge is 0.510 e. The molecule has 2 unspecified atom stereocenters. The van der Waals surface area contributed by atoms with Gasteiger partial charge in [-0.1, -0.05) is 6.07 Å². The van der Waals surface area contributed by atoms with Crippen molar-refractivity contribution in [2.24, 2.45) is 0 Å². The third-order valence-electron chi connectivity index (χ3n) is 6.30. The molecule has 0 aliphatic carbocycles. The Morgan fingerprint density at radius 2 is 1.91 bits per heavy atom. The van der Waals surface area contributed by atoms with Crippen LogP contribution in [0.2, 0.25) is 0 Å². The Balaban J connectivity index is 1.91. The average Bonchev–Trinajstić information content (AvgIpc) is 2.94. The van der Waals surface area contributed by atoms with Crippen LogP contribution in [0.4, 0.5) is 13.6 Å². The molecular weight excluding hydrogens is 613 g/mol. The fourth-order valence-electron chi connectivity index (χ4n) is 4.09. The minimum atomic E-state index is -4.45. The molecule has 1 aromatic heterocycles. The van der Waals surface area contributed by atoms with Gasteiger partial charge in [0.05, 0.1) is 18.9 Å². The number of hydrogen-bond donors (Lipinski definition) is 3. The third-order valence-corrected chi connectivity index (χ3v) is 7.57. The second kappa shape index (κ2) is 14.6. The Kier molecular flexibility index (Phi) is 11.4. The van der Waals surface area contributed by atoms with E-state index in [9.17, 15) is 42.5 Å². The topological polar surface area (TPSA) is 186 Å². The number of aromatic nitrogens is 1. The molecule has 0 saturated heterocycles. The van der Waals surface area contributed by atoms with Crippen LogP contribution in [0.1, 0.15) is 47.2 Å². The van der Waals surface area contributed by atoms with E-state index < -0.39 is 91.4 Å². The van der Waals surface area contributed by atoms with Crippen molar-refractivity contribution in [3.05, 3.63) is 63.1 Å². The maximum atomic E-state index is 14.1. The number of fused-ring (bicyclic) bond motifs is 1. The van der Waals surface area contributed by atoms with Crippen molar-refractivity contribution < 1.29 is 56.5 Å². The Morgan fingerprint density at radius 3 is 2.55 bits per heavy atom. The summed E-state index contributed by atoms with van der Waals surface area (Å²) in [6.45, 7) is 3.23. The maximum Gasteiger partial charge on any atom is 0.510 e. The standard InChI is InChI=1S/C26H33F2N4O11P/c1-5-40-13-20-30(4)25(36)21-23(34)22(33)18(24(35)29-11-16-6-7-17(27)10-19(16)28)12-32(21)31(20)8-9-44(38,39)42-14-41-26(37)43-15(2)3/h6-7,10,12,15,20,34H,5,8-9,11,13-14H2,1-4H3,(H,29,35)(H,38,39). The number of carbonyl (C=O) groups excluding carboxylic acids is 3. The lowest BCUT2D eigenvalue weighted by Gasteiger charge is -2.45. The zero-order valence-electron chi connectivity index (χ0n) is 24.3. The second-order valence-corrected chi connectivity index (χ2v) is 11.7. The lowest BCUT2D eigenvalue weighted by atomic mass is 10.1. The van der Waals surface area contributed by atoms with E-state index in [1.54, 1.807) is 20.8 Å². The van der Waals surface area contributed by atoms with Crippen molar-refractivity contribution in [3.63, 3.8) is 0 Å². The molecule has 44 heavy (non-hydrogen) atoms. The van der Waals surface area contributed by atoms with E-state index in [2.05, 4.69) is 10.1 Å². The molecule has 2 atom stereocenters. The fraction of sp³-hybridized carbons (Fsp3) is 0.462. The molecule has 0 saturated carbocycles. The lowest BCUT2D eigenvalue weighted by Crippen LogP contribution is -2.62.